The van der Waals surface area contributed by atoms with E-state index in [1.165, 1.54) is 25.4 Å². The van der Waals surface area contributed by atoms with E-state index in [1.54, 1.807) is 12.3 Å². The second kappa shape index (κ2) is 9.21. The molecule has 1 atom stereocenters. The second-order valence-corrected chi connectivity index (χ2v) is 7.93. The first-order valence-corrected chi connectivity index (χ1v) is 10.4. The molecule has 0 bridgehead atoms. The molecule has 0 aliphatic carbocycles. The summed E-state index contributed by atoms with van der Waals surface area (Å²) in [6.07, 6.45) is 2.53. The Labute approximate surface area is 195 Å². The Kier molecular flexibility index (Phi) is 6.35. The minimum atomic E-state index is -1.25. The van der Waals surface area contributed by atoms with E-state index in [0.717, 1.165) is 17.0 Å². The van der Waals surface area contributed by atoms with E-state index in [9.17, 15) is 5.11 Å². The molecule has 1 aliphatic rings. The topological polar surface area (TPSA) is 79.7 Å². The number of rotatable bonds is 6. The maximum atomic E-state index is 15.0. The number of aliphatic imine (C=N–C) groups is 1. The van der Waals surface area contributed by atoms with Crippen LogP contribution in [0, 0.1) is 5.82 Å². The van der Waals surface area contributed by atoms with Gasteiger partial charge in [0.15, 0.2) is 11.5 Å². The summed E-state index contributed by atoms with van der Waals surface area (Å²) in [5.74, 6) is -0.0647. The molecule has 0 amide bonds. The molecule has 2 aromatic carbocycles. The van der Waals surface area contributed by atoms with Crippen LogP contribution in [0.25, 0.3) is 11.0 Å². The normalized spacial score (nSPS) is 13.3. The summed E-state index contributed by atoms with van der Waals surface area (Å²) in [4.78, 5) is 11.7. The number of para-hydroxylation sites is 1. The van der Waals surface area contributed by atoms with Gasteiger partial charge in [-0.3, -0.25) is 4.99 Å². The zero-order valence-corrected chi connectivity index (χ0v) is 17.9. The van der Waals surface area contributed by atoms with Crippen LogP contribution in [0.4, 0.5) is 10.1 Å². The number of aliphatic hydroxyl groups is 1. The fraction of sp³-hybridized carbons (Fsp3) is 0.200. The summed E-state index contributed by atoms with van der Waals surface area (Å²) in [6, 6.07) is 12.2. The van der Waals surface area contributed by atoms with Gasteiger partial charge in [-0.15, -0.1) is 0 Å². The van der Waals surface area contributed by atoms with Crippen molar-refractivity contribution >= 4 is 34.0 Å². The molecule has 33 heavy (non-hydrogen) atoms. The Balaban J connectivity index is 0.00000259. The highest BCUT2D eigenvalue weighted by molar-refractivity contribution is 6.31. The van der Waals surface area contributed by atoms with Gasteiger partial charge < -0.3 is 19.6 Å². The predicted octanol–water partition coefficient (Wildman–Crippen LogP) is 5.79. The molecule has 2 aromatic heterocycles. The van der Waals surface area contributed by atoms with E-state index < -0.39 is 11.9 Å². The van der Waals surface area contributed by atoms with Crippen molar-refractivity contribution in [1.82, 2.24) is 9.97 Å². The minimum Gasteiger partial charge on any atom is -0.493 e. The van der Waals surface area contributed by atoms with Crippen molar-refractivity contribution in [3.63, 3.8) is 0 Å². The van der Waals surface area contributed by atoms with Gasteiger partial charge in [-0.25, -0.2) is 9.37 Å². The van der Waals surface area contributed by atoms with Crippen molar-refractivity contribution in [3.05, 3.63) is 82.4 Å². The van der Waals surface area contributed by atoms with Gasteiger partial charge in [0, 0.05) is 41.4 Å². The molecule has 0 saturated carbocycles. The molecular weight excluding hydrogens is 445 g/mol. The van der Waals surface area contributed by atoms with Crippen LogP contribution in [-0.2, 0) is 6.42 Å². The van der Waals surface area contributed by atoms with Crippen LogP contribution in [0.1, 0.15) is 30.2 Å². The molecule has 3 heterocycles. The molecule has 1 unspecified atom stereocenters. The molecule has 4 aromatic rings. The molecule has 1 aliphatic heterocycles. The lowest BCUT2D eigenvalue weighted by Gasteiger charge is -2.16. The van der Waals surface area contributed by atoms with E-state index in [4.69, 9.17) is 21.1 Å². The number of aromatic nitrogens is 2. The van der Waals surface area contributed by atoms with Gasteiger partial charge in [-0.2, -0.15) is 0 Å². The highest BCUT2D eigenvalue weighted by atomic mass is 35.5. The van der Waals surface area contributed by atoms with E-state index in [1.807, 2.05) is 24.3 Å². The second-order valence-electron chi connectivity index (χ2n) is 7.49. The fourth-order valence-electron chi connectivity index (χ4n) is 3.87. The number of methoxy groups -OCH3 is 1. The quantitative estimate of drug-likeness (QED) is 0.376. The highest BCUT2D eigenvalue weighted by Crippen LogP contribution is 2.37. The molecule has 0 spiro atoms. The first kappa shape index (κ1) is 22.8. The zero-order chi connectivity index (χ0) is 22.2. The van der Waals surface area contributed by atoms with Gasteiger partial charge in [0.05, 0.1) is 23.5 Å². The molecule has 0 radical (unpaired) electrons. The Morgan fingerprint density at radius 1 is 1.18 bits per heavy atom. The minimum absolute atomic E-state index is 0. The third kappa shape index (κ3) is 4.29. The molecule has 2 N–H and O–H groups in total. The van der Waals surface area contributed by atoms with Gasteiger partial charge in [-0.1, -0.05) is 37.2 Å². The standard InChI is InChI=1S/C24H19ClFN3O3.CH4/c1-31-21-8-17(23(30)18-11-28-24-16(18)7-14(25)10-27-24)19(26)9-22(21)32-12-15-6-13-4-2-3-5-20(13)29-15;/h2-5,7-11,23,30H,6,12H2,1H3,(H,27,28);1H4. The van der Waals surface area contributed by atoms with E-state index in [-0.39, 0.29) is 25.3 Å². The third-order valence-electron chi connectivity index (χ3n) is 5.46. The Bertz CT molecular complexity index is 1350. The van der Waals surface area contributed by atoms with Crippen molar-refractivity contribution in [2.24, 2.45) is 4.99 Å². The largest absolute Gasteiger partial charge is 0.493 e. The fourth-order valence-corrected chi connectivity index (χ4v) is 4.03. The van der Waals surface area contributed by atoms with Gasteiger partial charge >= 0.3 is 0 Å². The average Bonchev–Trinajstić information content (AvgIpc) is 3.40. The number of aliphatic hydroxyl groups excluding tert-OH is 1. The van der Waals surface area contributed by atoms with E-state index in [2.05, 4.69) is 15.0 Å². The lowest BCUT2D eigenvalue weighted by Crippen LogP contribution is -2.12. The van der Waals surface area contributed by atoms with Crippen LogP contribution < -0.4 is 9.47 Å². The smallest absolute Gasteiger partial charge is 0.164 e. The van der Waals surface area contributed by atoms with Crippen molar-refractivity contribution < 1.29 is 19.0 Å². The maximum absolute atomic E-state index is 15.0. The number of fused-ring (bicyclic) bond motifs is 2. The summed E-state index contributed by atoms with van der Waals surface area (Å²) < 4.78 is 26.3. The molecule has 0 fully saturated rings. The zero-order valence-electron chi connectivity index (χ0n) is 17.1. The molecule has 170 valence electrons. The number of nitrogens with zero attached hydrogens (tertiary/aromatic N) is 2. The Hall–Kier alpha value is -3.42. The van der Waals surface area contributed by atoms with Crippen LogP contribution in [0.3, 0.4) is 0 Å². The first-order valence-electron chi connectivity index (χ1n) is 9.98. The van der Waals surface area contributed by atoms with Gasteiger partial charge in [0.25, 0.3) is 0 Å². The molecule has 0 saturated heterocycles. The summed E-state index contributed by atoms with van der Waals surface area (Å²) in [5, 5.41) is 12.0. The molecule has 5 rings (SSSR count). The Morgan fingerprint density at radius 2 is 2.00 bits per heavy atom. The van der Waals surface area contributed by atoms with Gasteiger partial charge in [0.2, 0.25) is 0 Å². The highest BCUT2D eigenvalue weighted by Gasteiger charge is 2.23. The SMILES string of the molecule is C.COc1cc(C(O)c2c[nH]c3ncc(Cl)cc23)c(F)cc1OCC1=Nc2ccccc2C1. The number of aromatic amines is 1. The summed E-state index contributed by atoms with van der Waals surface area (Å²) in [5.41, 5.74) is 3.98. The summed E-state index contributed by atoms with van der Waals surface area (Å²) >= 11 is 6.04. The maximum Gasteiger partial charge on any atom is 0.164 e. The third-order valence-corrected chi connectivity index (χ3v) is 5.67. The van der Waals surface area contributed by atoms with Crippen molar-refractivity contribution in [2.75, 3.05) is 13.7 Å². The number of nitrogens with one attached hydrogen (secondary N) is 1. The van der Waals surface area contributed by atoms with Gasteiger partial charge in [-0.05, 0) is 23.8 Å². The number of ether oxygens (including phenoxy) is 2. The summed E-state index contributed by atoms with van der Waals surface area (Å²) in [6.45, 7) is 0.207. The number of hydrogen-bond acceptors (Lipinski definition) is 5. The molecule has 8 heteroatoms. The van der Waals surface area contributed by atoms with E-state index >= 15 is 4.39 Å². The molecular formula is C25H23ClFN3O3. The van der Waals surface area contributed by atoms with Crippen LogP contribution in [0.2, 0.25) is 5.02 Å². The number of pyridine rings is 1. The van der Waals surface area contributed by atoms with Crippen LogP contribution in [0.5, 0.6) is 11.5 Å². The monoisotopic (exact) mass is 467 g/mol. The van der Waals surface area contributed by atoms with Crippen LogP contribution in [-0.4, -0.2) is 34.5 Å². The van der Waals surface area contributed by atoms with Crippen LogP contribution >= 0.6 is 11.6 Å². The predicted molar refractivity (Wildman–Crippen MR) is 128 cm³/mol. The van der Waals surface area contributed by atoms with E-state index in [0.29, 0.717) is 33.8 Å². The lowest BCUT2D eigenvalue weighted by atomic mass is 10.0. The molecule has 6 nitrogen and oxygen atoms in total. The number of halogens is 2. The first-order chi connectivity index (χ1) is 15.5. The van der Waals surface area contributed by atoms with Crippen molar-refractivity contribution in [2.45, 2.75) is 20.0 Å². The van der Waals surface area contributed by atoms with Crippen LogP contribution in [0.15, 0.2) is 59.9 Å². The van der Waals surface area contributed by atoms with Gasteiger partial charge in [0.1, 0.15) is 24.2 Å². The van der Waals surface area contributed by atoms with Crippen molar-refractivity contribution in [3.8, 4) is 11.5 Å². The lowest BCUT2D eigenvalue weighted by molar-refractivity contribution is 0.215. The van der Waals surface area contributed by atoms with Crippen molar-refractivity contribution in [1.29, 1.82) is 0 Å². The average molecular weight is 468 g/mol. The number of hydrogen-bond donors (Lipinski definition) is 2. The number of benzene rings is 2. The number of H-pyrrole nitrogens is 1. The summed E-state index contributed by atoms with van der Waals surface area (Å²) in [7, 11) is 1.47. The Morgan fingerprint density at radius 3 is 2.79 bits per heavy atom.